The molecule has 23 heavy (non-hydrogen) atoms. The summed E-state index contributed by atoms with van der Waals surface area (Å²) >= 11 is 3.74. The molecule has 0 aliphatic heterocycles. The van der Waals surface area contributed by atoms with E-state index in [1.54, 1.807) is 19.1 Å². The second-order valence-corrected chi connectivity index (χ2v) is 6.98. The van der Waals surface area contributed by atoms with Crippen molar-refractivity contribution >= 4 is 29.0 Å². The van der Waals surface area contributed by atoms with Crippen LogP contribution >= 0.6 is 12.9 Å². The van der Waals surface area contributed by atoms with E-state index in [2.05, 4.69) is 12.9 Å². The molecule has 8 heteroatoms. The molecule has 0 spiro atoms. The van der Waals surface area contributed by atoms with Gasteiger partial charge in [0.25, 0.3) is 10.1 Å². The number of rotatable bonds is 9. The highest BCUT2D eigenvalue weighted by Crippen LogP contribution is 2.18. The molecule has 0 amide bonds. The Morgan fingerprint density at radius 3 is 2.48 bits per heavy atom. The molecule has 0 fully saturated rings. The fourth-order valence-corrected chi connectivity index (χ4v) is 3.05. The van der Waals surface area contributed by atoms with Crippen molar-refractivity contribution in [2.45, 2.75) is 31.3 Å². The Balaban J connectivity index is 2.63. The number of benzene rings is 1. The molecular formula is C15H20O6S2. The minimum atomic E-state index is -3.84. The Labute approximate surface area is 141 Å². The van der Waals surface area contributed by atoms with E-state index < -0.39 is 22.2 Å². The van der Waals surface area contributed by atoms with Crippen LogP contribution in [0.25, 0.3) is 0 Å². The van der Waals surface area contributed by atoms with Crippen molar-refractivity contribution in [2.24, 2.45) is 5.92 Å². The zero-order valence-electron chi connectivity index (χ0n) is 12.9. The molecule has 1 aromatic carbocycles. The van der Waals surface area contributed by atoms with Crippen LogP contribution in [0.15, 0.2) is 41.3 Å². The topological polar surface area (TPSA) is 89.9 Å². The van der Waals surface area contributed by atoms with Gasteiger partial charge in [-0.3, -0.25) is 4.18 Å². The number of carboxylic acids is 1. The molecule has 1 rings (SSSR count). The van der Waals surface area contributed by atoms with E-state index >= 15 is 0 Å². The lowest BCUT2D eigenvalue weighted by Gasteiger charge is -2.20. The van der Waals surface area contributed by atoms with Gasteiger partial charge in [-0.25, -0.2) is 4.79 Å². The van der Waals surface area contributed by atoms with Crippen molar-refractivity contribution in [1.29, 1.82) is 0 Å². The summed E-state index contributed by atoms with van der Waals surface area (Å²) in [5.74, 6) is -1.36. The maximum Gasteiger partial charge on any atom is 0.327 e. The van der Waals surface area contributed by atoms with Crippen LogP contribution in [0, 0.1) is 12.8 Å². The van der Waals surface area contributed by atoms with E-state index in [-0.39, 0.29) is 23.8 Å². The summed E-state index contributed by atoms with van der Waals surface area (Å²) < 4.78 is 34.2. The fourth-order valence-electron chi connectivity index (χ4n) is 1.76. The van der Waals surface area contributed by atoms with Crippen LogP contribution in [0.4, 0.5) is 0 Å². The zero-order chi connectivity index (χ0) is 17.5. The highest BCUT2D eigenvalue weighted by molar-refractivity contribution is 7.86. The molecule has 128 valence electrons. The summed E-state index contributed by atoms with van der Waals surface area (Å²) in [6.07, 6.45) is 2.23. The molecule has 0 radical (unpaired) electrons. The minimum Gasteiger partial charge on any atom is -0.478 e. The average Bonchev–Trinajstić information content (AvgIpc) is 2.49. The third-order valence-electron chi connectivity index (χ3n) is 3.19. The van der Waals surface area contributed by atoms with Gasteiger partial charge in [0.05, 0.1) is 17.6 Å². The van der Waals surface area contributed by atoms with Gasteiger partial charge in [-0.2, -0.15) is 8.42 Å². The van der Waals surface area contributed by atoms with Gasteiger partial charge in [0.1, 0.15) is 0 Å². The average molecular weight is 360 g/mol. The van der Waals surface area contributed by atoms with Gasteiger partial charge in [0.15, 0.2) is 0 Å². The number of aliphatic carboxylic acids is 1. The van der Waals surface area contributed by atoms with Crippen LogP contribution in [-0.4, -0.2) is 32.2 Å². The van der Waals surface area contributed by atoms with Crippen molar-refractivity contribution in [3.63, 3.8) is 0 Å². The first kappa shape index (κ1) is 19.7. The van der Waals surface area contributed by atoms with Crippen LogP contribution < -0.4 is 0 Å². The molecule has 0 heterocycles. The van der Waals surface area contributed by atoms with Gasteiger partial charge >= 0.3 is 5.97 Å². The van der Waals surface area contributed by atoms with E-state index in [1.165, 1.54) is 18.2 Å². The summed E-state index contributed by atoms with van der Waals surface area (Å²) in [6, 6.07) is 6.35. The van der Waals surface area contributed by atoms with Gasteiger partial charge in [-0.05, 0) is 38.4 Å². The van der Waals surface area contributed by atoms with Crippen molar-refractivity contribution in [3.8, 4) is 0 Å². The summed E-state index contributed by atoms with van der Waals surface area (Å²) in [5.41, 5.74) is 0.950. The standard InChI is InChI=1S/C15H20O6S2/c1-11-6-8-13(9-7-11)23(18,19)20-10-12(2)14(21-22)4-3-5-15(16)17/h3,5-9,12,14,22H,4,10H2,1-2H3,(H,16,17)/b5-3+/t12-,14-/m0/s1. The summed E-state index contributed by atoms with van der Waals surface area (Å²) in [7, 11) is -3.84. The van der Waals surface area contributed by atoms with E-state index in [4.69, 9.17) is 13.5 Å². The number of carboxylic acid groups (broad SMARTS) is 1. The summed E-state index contributed by atoms with van der Waals surface area (Å²) in [6.45, 7) is 3.50. The highest BCUT2D eigenvalue weighted by atomic mass is 32.2. The quantitative estimate of drug-likeness (QED) is 0.304. The maximum atomic E-state index is 12.1. The van der Waals surface area contributed by atoms with Crippen LogP contribution in [0.5, 0.6) is 0 Å². The SMILES string of the molecule is Cc1ccc(S(=O)(=O)OC[C@H](C)[C@H](C/C=C/C(=O)O)OS)cc1. The number of hydrogen-bond acceptors (Lipinski definition) is 6. The fraction of sp³-hybridized carbons (Fsp3) is 0.400. The third-order valence-corrected chi connectivity index (χ3v) is 4.76. The van der Waals surface area contributed by atoms with E-state index in [9.17, 15) is 13.2 Å². The predicted molar refractivity (Wildman–Crippen MR) is 88.7 cm³/mol. The lowest BCUT2D eigenvalue weighted by Crippen LogP contribution is -2.24. The molecule has 1 N–H and O–H groups in total. The third kappa shape index (κ3) is 6.74. The molecule has 0 bridgehead atoms. The van der Waals surface area contributed by atoms with Crippen molar-refractivity contribution < 1.29 is 26.7 Å². The first-order chi connectivity index (χ1) is 10.8. The Morgan fingerprint density at radius 1 is 1.35 bits per heavy atom. The molecule has 0 aromatic heterocycles. The number of carbonyl (C=O) groups is 1. The zero-order valence-corrected chi connectivity index (χ0v) is 14.6. The van der Waals surface area contributed by atoms with Crippen molar-refractivity contribution in [2.75, 3.05) is 6.61 Å². The lowest BCUT2D eigenvalue weighted by molar-refractivity contribution is -0.131. The van der Waals surface area contributed by atoms with Crippen LogP contribution in [0.2, 0.25) is 0 Å². The molecule has 1 aromatic rings. The second kappa shape index (κ2) is 9.07. The lowest BCUT2D eigenvalue weighted by atomic mass is 10.0. The van der Waals surface area contributed by atoms with Crippen LogP contribution in [-0.2, 0) is 23.3 Å². The first-order valence-corrected chi connectivity index (χ1v) is 8.69. The van der Waals surface area contributed by atoms with E-state index in [0.717, 1.165) is 11.6 Å². The molecule has 2 atom stereocenters. The first-order valence-electron chi connectivity index (χ1n) is 6.92. The highest BCUT2D eigenvalue weighted by Gasteiger charge is 2.21. The van der Waals surface area contributed by atoms with Crippen molar-refractivity contribution in [1.82, 2.24) is 0 Å². The van der Waals surface area contributed by atoms with Gasteiger partial charge < -0.3 is 9.29 Å². The largest absolute Gasteiger partial charge is 0.478 e. The molecule has 0 aliphatic rings. The van der Waals surface area contributed by atoms with Gasteiger partial charge in [-0.15, -0.1) is 0 Å². The van der Waals surface area contributed by atoms with E-state index in [0.29, 0.717) is 0 Å². The monoisotopic (exact) mass is 360 g/mol. The maximum absolute atomic E-state index is 12.1. The Kier molecular flexibility index (Phi) is 7.77. The Bertz CT molecular complexity index is 636. The van der Waals surface area contributed by atoms with Crippen LogP contribution in [0.3, 0.4) is 0 Å². The molecule has 6 nitrogen and oxygen atoms in total. The predicted octanol–water partition coefficient (Wildman–Crippen LogP) is 2.60. The van der Waals surface area contributed by atoms with Crippen molar-refractivity contribution in [3.05, 3.63) is 42.0 Å². The number of hydrogen-bond donors (Lipinski definition) is 2. The molecular weight excluding hydrogens is 340 g/mol. The number of aryl methyl sites for hydroxylation is 1. The van der Waals surface area contributed by atoms with Crippen LogP contribution in [0.1, 0.15) is 18.9 Å². The molecule has 0 unspecified atom stereocenters. The summed E-state index contributed by atoms with van der Waals surface area (Å²) in [4.78, 5) is 10.5. The van der Waals surface area contributed by atoms with Gasteiger partial charge in [-0.1, -0.05) is 30.7 Å². The number of thiol groups is 1. The molecule has 0 saturated carbocycles. The smallest absolute Gasteiger partial charge is 0.327 e. The Morgan fingerprint density at radius 2 is 1.96 bits per heavy atom. The minimum absolute atomic E-state index is 0.0874. The molecule has 0 aliphatic carbocycles. The summed E-state index contributed by atoms with van der Waals surface area (Å²) in [5, 5.41) is 8.54. The Hall–Kier alpha value is -1.35. The molecule has 0 saturated heterocycles. The van der Waals surface area contributed by atoms with Gasteiger partial charge in [0, 0.05) is 12.0 Å². The van der Waals surface area contributed by atoms with Gasteiger partial charge in [0.2, 0.25) is 0 Å². The second-order valence-electron chi connectivity index (χ2n) is 5.15. The normalized spacial score (nSPS) is 14.7. The van der Waals surface area contributed by atoms with E-state index in [1.807, 2.05) is 6.92 Å².